The SMILES string of the molecule is CCC(C)C(N)COCCOc1ccccc1. The van der Waals surface area contributed by atoms with Gasteiger partial charge in [-0.2, -0.15) is 0 Å². The molecule has 17 heavy (non-hydrogen) atoms. The standard InChI is InChI=1S/C14H23NO2/c1-3-12(2)14(15)11-16-9-10-17-13-7-5-4-6-8-13/h4-8,12,14H,3,9-11,15H2,1-2H3. The van der Waals surface area contributed by atoms with Crippen molar-refractivity contribution in [2.45, 2.75) is 26.3 Å². The van der Waals surface area contributed by atoms with Crippen LogP contribution in [0.2, 0.25) is 0 Å². The van der Waals surface area contributed by atoms with Crippen LogP contribution in [-0.2, 0) is 4.74 Å². The van der Waals surface area contributed by atoms with Crippen molar-refractivity contribution in [2.24, 2.45) is 11.7 Å². The molecule has 2 N–H and O–H groups in total. The Labute approximate surface area is 104 Å². The summed E-state index contributed by atoms with van der Waals surface area (Å²) in [6, 6.07) is 9.87. The minimum absolute atomic E-state index is 0.122. The van der Waals surface area contributed by atoms with Crippen molar-refractivity contribution in [3.05, 3.63) is 30.3 Å². The zero-order valence-corrected chi connectivity index (χ0v) is 10.8. The van der Waals surface area contributed by atoms with Crippen LogP contribution in [0.15, 0.2) is 30.3 Å². The van der Waals surface area contributed by atoms with E-state index in [0.29, 0.717) is 25.7 Å². The molecule has 0 saturated carbocycles. The molecule has 0 saturated heterocycles. The van der Waals surface area contributed by atoms with E-state index < -0.39 is 0 Å². The van der Waals surface area contributed by atoms with E-state index in [4.69, 9.17) is 15.2 Å². The number of rotatable bonds is 8. The van der Waals surface area contributed by atoms with Gasteiger partial charge in [-0.15, -0.1) is 0 Å². The Hall–Kier alpha value is -1.06. The highest BCUT2D eigenvalue weighted by atomic mass is 16.5. The predicted octanol–water partition coefficient (Wildman–Crippen LogP) is 2.46. The van der Waals surface area contributed by atoms with Crippen molar-refractivity contribution in [3.8, 4) is 5.75 Å². The molecule has 0 radical (unpaired) electrons. The van der Waals surface area contributed by atoms with Gasteiger partial charge >= 0.3 is 0 Å². The zero-order valence-electron chi connectivity index (χ0n) is 10.8. The fourth-order valence-corrected chi connectivity index (χ4v) is 1.42. The number of benzene rings is 1. The summed E-state index contributed by atoms with van der Waals surface area (Å²) in [5, 5.41) is 0. The second-order valence-corrected chi connectivity index (χ2v) is 4.29. The molecule has 3 heteroatoms. The van der Waals surface area contributed by atoms with Crippen molar-refractivity contribution in [3.63, 3.8) is 0 Å². The summed E-state index contributed by atoms with van der Waals surface area (Å²) in [6.07, 6.45) is 1.09. The summed E-state index contributed by atoms with van der Waals surface area (Å²) in [7, 11) is 0. The lowest BCUT2D eigenvalue weighted by Gasteiger charge is -2.18. The zero-order chi connectivity index (χ0) is 12.5. The van der Waals surface area contributed by atoms with Crippen molar-refractivity contribution < 1.29 is 9.47 Å². The maximum absolute atomic E-state index is 5.96. The topological polar surface area (TPSA) is 44.5 Å². The minimum Gasteiger partial charge on any atom is -0.491 e. The van der Waals surface area contributed by atoms with Crippen LogP contribution in [0.1, 0.15) is 20.3 Å². The fraction of sp³-hybridized carbons (Fsp3) is 0.571. The molecule has 2 unspecified atom stereocenters. The third-order valence-electron chi connectivity index (χ3n) is 2.92. The predicted molar refractivity (Wildman–Crippen MR) is 70.2 cm³/mol. The lowest BCUT2D eigenvalue weighted by atomic mass is 10.0. The summed E-state index contributed by atoms with van der Waals surface area (Å²) in [5.41, 5.74) is 5.96. The third kappa shape index (κ3) is 5.71. The van der Waals surface area contributed by atoms with Gasteiger partial charge in [-0.3, -0.25) is 0 Å². The number of nitrogens with two attached hydrogens (primary N) is 1. The molecule has 2 atom stereocenters. The van der Waals surface area contributed by atoms with Crippen LogP contribution in [0.3, 0.4) is 0 Å². The molecule has 1 aromatic carbocycles. The highest BCUT2D eigenvalue weighted by Gasteiger charge is 2.10. The lowest BCUT2D eigenvalue weighted by Crippen LogP contribution is -2.33. The summed E-state index contributed by atoms with van der Waals surface area (Å²) < 4.78 is 11.0. The average molecular weight is 237 g/mol. The summed E-state index contributed by atoms with van der Waals surface area (Å²) >= 11 is 0. The maximum atomic E-state index is 5.96. The van der Waals surface area contributed by atoms with E-state index in [2.05, 4.69) is 13.8 Å². The highest BCUT2D eigenvalue weighted by Crippen LogP contribution is 2.08. The smallest absolute Gasteiger partial charge is 0.119 e. The molecule has 0 aliphatic rings. The van der Waals surface area contributed by atoms with E-state index in [9.17, 15) is 0 Å². The molecule has 3 nitrogen and oxygen atoms in total. The van der Waals surface area contributed by atoms with Gasteiger partial charge in [-0.05, 0) is 18.1 Å². The Morgan fingerprint density at radius 1 is 1.18 bits per heavy atom. The van der Waals surface area contributed by atoms with E-state index in [-0.39, 0.29) is 6.04 Å². The fourth-order valence-electron chi connectivity index (χ4n) is 1.42. The van der Waals surface area contributed by atoms with Gasteiger partial charge in [0, 0.05) is 6.04 Å². The number of hydrogen-bond donors (Lipinski definition) is 1. The first kappa shape index (κ1) is 14.0. The monoisotopic (exact) mass is 237 g/mol. The van der Waals surface area contributed by atoms with Gasteiger partial charge in [0.25, 0.3) is 0 Å². The second-order valence-electron chi connectivity index (χ2n) is 4.29. The van der Waals surface area contributed by atoms with Crippen molar-refractivity contribution in [1.29, 1.82) is 0 Å². The van der Waals surface area contributed by atoms with Crippen LogP contribution in [0, 0.1) is 5.92 Å². The molecular weight excluding hydrogens is 214 g/mol. The van der Waals surface area contributed by atoms with Gasteiger partial charge in [0.1, 0.15) is 12.4 Å². The lowest BCUT2D eigenvalue weighted by molar-refractivity contribution is 0.0804. The highest BCUT2D eigenvalue weighted by molar-refractivity contribution is 5.20. The van der Waals surface area contributed by atoms with Gasteiger partial charge < -0.3 is 15.2 Å². The second kappa shape index (κ2) is 8.09. The molecule has 0 aromatic heterocycles. The molecular formula is C14H23NO2. The molecule has 0 fully saturated rings. The van der Waals surface area contributed by atoms with E-state index in [1.165, 1.54) is 0 Å². The number of ether oxygens (including phenoxy) is 2. The van der Waals surface area contributed by atoms with Gasteiger partial charge in [0.05, 0.1) is 13.2 Å². The minimum atomic E-state index is 0.122. The Bertz CT molecular complexity index is 290. The van der Waals surface area contributed by atoms with Crippen LogP contribution >= 0.6 is 0 Å². The molecule has 0 aliphatic heterocycles. The first-order valence-corrected chi connectivity index (χ1v) is 6.25. The first-order valence-electron chi connectivity index (χ1n) is 6.25. The van der Waals surface area contributed by atoms with Crippen LogP contribution in [0.4, 0.5) is 0 Å². The molecule has 0 heterocycles. The Kier molecular flexibility index (Phi) is 6.67. The molecule has 1 aromatic rings. The van der Waals surface area contributed by atoms with E-state index >= 15 is 0 Å². The van der Waals surface area contributed by atoms with E-state index in [0.717, 1.165) is 12.2 Å². The Balaban J connectivity index is 2.05. The summed E-state index contributed by atoms with van der Waals surface area (Å²) in [6.45, 7) is 6.04. The van der Waals surface area contributed by atoms with Gasteiger partial charge in [-0.25, -0.2) is 0 Å². The van der Waals surface area contributed by atoms with E-state index in [1.54, 1.807) is 0 Å². The normalized spacial score (nSPS) is 14.3. The average Bonchev–Trinajstić information content (AvgIpc) is 2.38. The van der Waals surface area contributed by atoms with Crippen LogP contribution in [0.5, 0.6) is 5.75 Å². The molecule has 0 bridgehead atoms. The van der Waals surface area contributed by atoms with Gasteiger partial charge in [-0.1, -0.05) is 38.5 Å². The van der Waals surface area contributed by atoms with Gasteiger partial charge in [0.2, 0.25) is 0 Å². The van der Waals surface area contributed by atoms with Crippen molar-refractivity contribution in [1.82, 2.24) is 0 Å². The van der Waals surface area contributed by atoms with Crippen LogP contribution in [0.25, 0.3) is 0 Å². The molecule has 96 valence electrons. The number of para-hydroxylation sites is 1. The molecule has 0 spiro atoms. The third-order valence-corrected chi connectivity index (χ3v) is 2.92. The van der Waals surface area contributed by atoms with Crippen LogP contribution < -0.4 is 10.5 Å². The summed E-state index contributed by atoms with van der Waals surface area (Å²) in [4.78, 5) is 0. The maximum Gasteiger partial charge on any atom is 0.119 e. The molecule has 0 amide bonds. The Morgan fingerprint density at radius 2 is 1.88 bits per heavy atom. The molecule has 1 rings (SSSR count). The first-order chi connectivity index (χ1) is 8.24. The van der Waals surface area contributed by atoms with Crippen molar-refractivity contribution >= 4 is 0 Å². The van der Waals surface area contributed by atoms with Gasteiger partial charge in [0.15, 0.2) is 0 Å². The molecule has 0 aliphatic carbocycles. The number of hydrogen-bond acceptors (Lipinski definition) is 3. The van der Waals surface area contributed by atoms with Crippen LogP contribution in [-0.4, -0.2) is 25.9 Å². The van der Waals surface area contributed by atoms with Crippen molar-refractivity contribution in [2.75, 3.05) is 19.8 Å². The Morgan fingerprint density at radius 3 is 2.53 bits per heavy atom. The quantitative estimate of drug-likeness (QED) is 0.706. The van der Waals surface area contributed by atoms with E-state index in [1.807, 2.05) is 30.3 Å². The largest absolute Gasteiger partial charge is 0.491 e. The summed E-state index contributed by atoms with van der Waals surface area (Å²) in [5.74, 6) is 1.38.